The van der Waals surface area contributed by atoms with Crippen molar-refractivity contribution < 1.29 is 0 Å². The number of thiazole rings is 1. The van der Waals surface area contributed by atoms with Crippen molar-refractivity contribution in [1.29, 1.82) is 0 Å². The summed E-state index contributed by atoms with van der Waals surface area (Å²) >= 11 is 1.85. The molecule has 1 aliphatic carbocycles. The Balaban J connectivity index is 1.94. The Morgan fingerprint density at radius 2 is 2.40 bits per heavy atom. The standard InChI is InChI=1S/C12H20N2S/c1-3-13-7-11-8-15-12(14-11)10-5-4-9(2)6-10/h8-10,13H,3-7H2,1-2H3. The number of hydrogen-bond acceptors (Lipinski definition) is 3. The van der Waals surface area contributed by atoms with Crippen molar-refractivity contribution >= 4 is 11.3 Å². The van der Waals surface area contributed by atoms with E-state index in [1.165, 1.54) is 30.0 Å². The van der Waals surface area contributed by atoms with Gasteiger partial charge in [0.1, 0.15) is 0 Å². The second-order valence-corrected chi connectivity index (χ2v) is 5.46. The second-order valence-electron chi connectivity index (χ2n) is 4.57. The normalized spacial score (nSPS) is 26.0. The second kappa shape index (κ2) is 5.08. The maximum atomic E-state index is 4.72. The van der Waals surface area contributed by atoms with Crippen LogP contribution in [0.4, 0.5) is 0 Å². The van der Waals surface area contributed by atoms with E-state index in [0.29, 0.717) is 0 Å². The van der Waals surface area contributed by atoms with E-state index in [1.807, 2.05) is 11.3 Å². The first-order valence-electron chi connectivity index (χ1n) is 5.94. The molecule has 2 unspecified atom stereocenters. The van der Waals surface area contributed by atoms with E-state index in [9.17, 15) is 0 Å². The molecule has 0 aliphatic heterocycles. The molecule has 84 valence electrons. The van der Waals surface area contributed by atoms with Crippen molar-refractivity contribution in [2.24, 2.45) is 5.92 Å². The third-order valence-electron chi connectivity index (χ3n) is 3.17. The Morgan fingerprint density at radius 3 is 3.07 bits per heavy atom. The largest absolute Gasteiger partial charge is 0.311 e. The van der Waals surface area contributed by atoms with Crippen LogP contribution in [0.3, 0.4) is 0 Å². The van der Waals surface area contributed by atoms with Crippen molar-refractivity contribution in [3.8, 4) is 0 Å². The van der Waals surface area contributed by atoms with Gasteiger partial charge in [0, 0.05) is 17.8 Å². The highest BCUT2D eigenvalue weighted by atomic mass is 32.1. The van der Waals surface area contributed by atoms with Gasteiger partial charge in [0.05, 0.1) is 10.7 Å². The van der Waals surface area contributed by atoms with Gasteiger partial charge in [-0.1, -0.05) is 20.3 Å². The van der Waals surface area contributed by atoms with Crippen molar-refractivity contribution in [2.75, 3.05) is 6.54 Å². The smallest absolute Gasteiger partial charge is 0.0959 e. The Bertz CT molecular complexity index is 308. The van der Waals surface area contributed by atoms with E-state index in [4.69, 9.17) is 4.98 Å². The average molecular weight is 224 g/mol. The molecule has 2 atom stereocenters. The summed E-state index contributed by atoms with van der Waals surface area (Å²) in [4.78, 5) is 4.72. The summed E-state index contributed by atoms with van der Waals surface area (Å²) in [5, 5.41) is 6.90. The van der Waals surface area contributed by atoms with Gasteiger partial charge < -0.3 is 5.32 Å². The van der Waals surface area contributed by atoms with Crippen molar-refractivity contribution in [3.63, 3.8) is 0 Å². The molecule has 0 saturated heterocycles. The molecule has 1 N–H and O–H groups in total. The summed E-state index contributed by atoms with van der Waals surface area (Å²) in [6.07, 6.45) is 4.07. The molecule has 1 aliphatic rings. The molecule has 0 aromatic carbocycles. The van der Waals surface area contributed by atoms with Gasteiger partial charge >= 0.3 is 0 Å². The zero-order valence-electron chi connectivity index (χ0n) is 9.62. The lowest BCUT2D eigenvalue weighted by Gasteiger charge is -2.04. The molecule has 0 amide bonds. The topological polar surface area (TPSA) is 24.9 Å². The van der Waals surface area contributed by atoms with Gasteiger partial charge in [0.25, 0.3) is 0 Å². The lowest BCUT2D eigenvalue weighted by molar-refractivity contribution is 0.594. The third-order valence-corrected chi connectivity index (χ3v) is 4.23. The first-order valence-corrected chi connectivity index (χ1v) is 6.82. The maximum absolute atomic E-state index is 4.72. The van der Waals surface area contributed by atoms with Crippen LogP contribution in [0.25, 0.3) is 0 Å². The molecule has 1 fully saturated rings. The predicted molar refractivity (Wildman–Crippen MR) is 65.3 cm³/mol. The first kappa shape index (κ1) is 11.1. The van der Waals surface area contributed by atoms with Gasteiger partial charge in [-0.3, -0.25) is 0 Å². The molecular weight excluding hydrogens is 204 g/mol. The highest BCUT2D eigenvalue weighted by Crippen LogP contribution is 2.38. The minimum absolute atomic E-state index is 0.750. The molecular formula is C12H20N2S. The predicted octanol–water partition coefficient (Wildman–Crippen LogP) is 3.16. The molecule has 15 heavy (non-hydrogen) atoms. The first-order chi connectivity index (χ1) is 7.29. The average Bonchev–Trinajstić information content (AvgIpc) is 2.83. The van der Waals surface area contributed by atoms with E-state index in [1.54, 1.807) is 0 Å². The molecule has 1 aromatic heterocycles. The van der Waals surface area contributed by atoms with Crippen molar-refractivity contribution in [1.82, 2.24) is 10.3 Å². The summed E-state index contributed by atoms with van der Waals surface area (Å²) in [5.74, 6) is 1.65. The number of aromatic nitrogens is 1. The van der Waals surface area contributed by atoms with Crippen LogP contribution in [0.5, 0.6) is 0 Å². The maximum Gasteiger partial charge on any atom is 0.0959 e. The van der Waals surface area contributed by atoms with Crippen LogP contribution in [0.2, 0.25) is 0 Å². The van der Waals surface area contributed by atoms with Crippen LogP contribution in [0.1, 0.15) is 49.7 Å². The lowest BCUT2D eigenvalue weighted by Crippen LogP contribution is -2.12. The molecule has 0 spiro atoms. The number of nitrogens with one attached hydrogen (secondary N) is 1. The monoisotopic (exact) mass is 224 g/mol. The summed E-state index contributed by atoms with van der Waals surface area (Å²) in [5.41, 5.74) is 1.22. The van der Waals surface area contributed by atoms with E-state index in [-0.39, 0.29) is 0 Å². The van der Waals surface area contributed by atoms with Gasteiger partial charge in [-0.05, 0) is 25.3 Å². The molecule has 1 saturated carbocycles. The third kappa shape index (κ3) is 2.79. The molecule has 1 heterocycles. The van der Waals surface area contributed by atoms with E-state index >= 15 is 0 Å². The Labute approximate surface area is 96.1 Å². The molecule has 1 aromatic rings. The van der Waals surface area contributed by atoms with Crippen LogP contribution < -0.4 is 5.32 Å². The van der Waals surface area contributed by atoms with Crippen LogP contribution in [-0.2, 0) is 6.54 Å². The van der Waals surface area contributed by atoms with Crippen molar-refractivity contribution in [2.45, 2.75) is 45.6 Å². The summed E-state index contributed by atoms with van der Waals surface area (Å²) in [7, 11) is 0. The van der Waals surface area contributed by atoms with Gasteiger partial charge in [-0.25, -0.2) is 4.98 Å². The highest BCUT2D eigenvalue weighted by molar-refractivity contribution is 7.09. The van der Waals surface area contributed by atoms with E-state index in [0.717, 1.165) is 24.9 Å². The molecule has 2 rings (SSSR count). The van der Waals surface area contributed by atoms with Crippen LogP contribution >= 0.6 is 11.3 Å². The number of rotatable bonds is 4. The van der Waals surface area contributed by atoms with Crippen LogP contribution in [0, 0.1) is 5.92 Å². The zero-order valence-corrected chi connectivity index (χ0v) is 10.4. The van der Waals surface area contributed by atoms with E-state index < -0.39 is 0 Å². The highest BCUT2D eigenvalue weighted by Gasteiger charge is 2.24. The fourth-order valence-corrected chi connectivity index (χ4v) is 3.25. The number of nitrogens with zero attached hydrogens (tertiary/aromatic N) is 1. The van der Waals surface area contributed by atoms with Gasteiger partial charge in [-0.2, -0.15) is 0 Å². The summed E-state index contributed by atoms with van der Waals surface area (Å²) in [6.45, 7) is 6.43. The minimum Gasteiger partial charge on any atom is -0.311 e. The molecule has 0 radical (unpaired) electrons. The Hall–Kier alpha value is -0.410. The lowest BCUT2D eigenvalue weighted by atomic mass is 10.1. The summed E-state index contributed by atoms with van der Waals surface area (Å²) in [6, 6.07) is 0. The van der Waals surface area contributed by atoms with Gasteiger partial charge in [-0.15, -0.1) is 11.3 Å². The molecule has 2 nitrogen and oxygen atoms in total. The quantitative estimate of drug-likeness (QED) is 0.850. The molecule has 0 bridgehead atoms. The van der Waals surface area contributed by atoms with Gasteiger partial charge in [0.2, 0.25) is 0 Å². The SMILES string of the molecule is CCNCc1csc(C2CCC(C)C2)n1. The Morgan fingerprint density at radius 1 is 1.53 bits per heavy atom. The number of hydrogen-bond donors (Lipinski definition) is 1. The van der Waals surface area contributed by atoms with Crippen LogP contribution in [0.15, 0.2) is 5.38 Å². The summed E-state index contributed by atoms with van der Waals surface area (Å²) < 4.78 is 0. The van der Waals surface area contributed by atoms with E-state index in [2.05, 4.69) is 24.5 Å². The van der Waals surface area contributed by atoms with Gasteiger partial charge in [0.15, 0.2) is 0 Å². The minimum atomic E-state index is 0.750. The van der Waals surface area contributed by atoms with Crippen LogP contribution in [-0.4, -0.2) is 11.5 Å². The zero-order chi connectivity index (χ0) is 10.7. The van der Waals surface area contributed by atoms with Crippen molar-refractivity contribution in [3.05, 3.63) is 16.1 Å². The fourth-order valence-electron chi connectivity index (χ4n) is 2.28. The Kier molecular flexibility index (Phi) is 3.76. The molecule has 3 heteroatoms. The fraction of sp³-hybridized carbons (Fsp3) is 0.750.